The Morgan fingerprint density at radius 2 is 1.64 bits per heavy atom. The zero-order valence-corrected chi connectivity index (χ0v) is 20.2. The first kappa shape index (κ1) is 23.4. The van der Waals surface area contributed by atoms with Crippen LogP contribution in [0.5, 0.6) is 11.5 Å². The van der Waals surface area contributed by atoms with Crippen molar-refractivity contribution in [3.63, 3.8) is 0 Å². The summed E-state index contributed by atoms with van der Waals surface area (Å²) in [5.41, 5.74) is 5.03. The van der Waals surface area contributed by atoms with Crippen LogP contribution < -0.4 is 19.7 Å². The molecule has 1 amide bonds. The van der Waals surface area contributed by atoms with Crippen molar-refractivity contribution in [1.29, 1.82) is 0 Å². The maximum Gasteiger partial charge on any atom is 0.262 e. The van der Waals surface area contributed by atoms with Gasteiger partial charge in [-0.15, -0.1) is 0 Å². The molecule has 0 spiro atoms. The van der Waals surface area contributed by atoms with E-state index in [0.717, 1.165) is 28.1 Å². The van der Waals surface area contributed by atoms with Crippen LogP contribution in [0.1, 0.15) is 40.1 Å². The minimum atomic E-state index is -0.444. The summed E-state index contributed by atoms with van der Waals surface area (Å²) in [6.07, 6.45) is -0.444. The molecule has 6 heteroatoms. The molecule has 4 aromatic carbocycles. The number of carbonyl (C=O) groups excluding carboxylic acids is 1. The zero-order chi connectivity index (χ0) is 25.1. The van der Waals surface area contributed by atoms with Crippen molar-refractivity contribution in [2.75, 3.05) is 16.8 Å². The van der Waals surface area contributed by atoms with Gasteiger partial charge in [-0.1, -0.05) is 48.0 Å². The molecule has 5 rings (SSSR count). The van der Waals surface area contributed by atoms with Crippen molar-refractivity contribution >= 4 is 17.3 Å². The summed E-state index contributed by atoms with van der Waals surface area (Å²) in [5.74, 6) is 0.795. The van der Waals surface area contributed by atoms with Crippen molar-refractivity contribution in [2.24, 2.45) is 0 Å². The minimum Gasteiger partial charge on any atom is -0.490 e. The van der Waals surface area contributed by atoms with Gasteiger partial charge in [0.15, 0.2) is 11.5 Å². The Morgan fingerprint density at radius 3 is 2.39 bits per heavy atom. The van der Waals surface area contributed by atoms with E-state index in [1.807, 2.05) is 80.6 Å². The molecule has 1 aliphatic rings. The van der Waals surface area contributed by atoms with Crippen LogP contribution in [0, 0.1) is 12.7 Å². The van der Waals surface area contributed by atoms with E-state index in [1.165, 1.54) is 12.1 Å². The molecule has 0 aliphatic carbocycles. The molecule has 1 N–H and O–H groups in total. The normalized spacial score (nSPS) is 14.7. The Bertz CT molecular complexity index is 1370. The van der Waals surface area contributed by atoms with Crippen molar-refractivity contribution in [2.45, 2.75) is 26.6 Å². The minimum absolute atomic E-state index is 0.0761. The van der Waals surface area contributed by atoms with Gasteiger partial charge in [-0.2, -0.15) is 0 Å². The lowest BCUT2D eigenvalue weighted by Crippen LogP contribution is -2.43. The number of para-hydroxylation sites is 1. The quantitative estimate of drug-likeness (QED) is 0.312. The third kappa shape index (κ3) is 4.75. The number of nitrogens with one attached hydrogen (secondary N) is 1. The Balaban J connectivity index is 1.50. The highest BCUT2D eigenvalue weighted by Gasteiger charge is 2.34. The zero-order valence-electron chi connectivity index (χ0n) is 20.2. The number of fused-ring (bicyclic) bond motifs is 1. The molecule has 0 radical (unpaired) electrons. The molecular weight excluding hydrogens is 455 g/mol. The number of hydrogen-bond acceptors (Lipinski definition) is 4. The van der Waals surface area contributed by atoms with E-state index in [9.17, 15) is 9.18 Å². The van der Waals surface area contributed by atoms with Crippen LogP contribution in [0.15, 0.2) is 91.0 Å². The number of halogens is 1. The van der Waals surface area contributed by atoms with E-state index in [0.29, 0.717) is 23.7 Å². The summed E-state index contributed by atoms with van der Waals surface area (Å²) in [6, 6.07) is 27.3. The van der Waals surface area contributed by atoms with Crippen LogP contribution in [-0.4, -0.2) is 12.5 Å². The van der Waals surface area contributed by atoms with Gasteiger partial charge in [-0.3, -0.25) is 9.69 Å². The highest BCUT2D eigenvalue weighted by atomic mass is 19.1. The summed E-state index contributed by atoms with van der Waals surface area (Å²) in [7, 11) is 0. The standard InChI is InChI=1S/C30H27FN2O3/c1-3-35-28-18-22(12-17-27(28)36-19-21-10-13-23(31)14-11-21)29-32-26-7-5-4-6-25(26)30(34)33(29)24-15-8-20(2)9-16-24/h4-18,29,32H,3,19H2,1-2H3/t29-/m1/s1. The highest BCUT2D eigenvalue weighted by molar-refractivity contribution is 6.12. The number of rotatable bonds is 7. The molecule has 1 aliphatic heterocycles. The van der Waals surface area contributed by atoms with Gasteiger partial charge in [0.1, 0.15) is 18.6 Å². The first-order chi connectivity index (χ1) is 17.5. The van der Waals surface area contributed by atoms with Crippen molar-refractivity contribution in [3.05, 3.63) is 119 Å². The molecule has 0 saturated heterocycles. The average molecular weight is 483 g/mol. The lowest BCUT2D eigenvalue weighted by Gasteiger charge is -2.38. The average Bonchev–Trinajstić information content (AvgIpc) is 2.90. The van der Waals surface area contributed by atoms with Gasteiger partial charge < -0.3 is 14.8 Å². The molecule has 182 valence electrons. The molecule has 0 fully saturated rings. The Morgan fingerprint density at radius 1 is 0.889 bits per heavy atom. The number of nitrogens with zero attached hydrogens (tertiary/aromatic N) is 1. The first-order valence-electron chi connectivity index (χ1n) is 11.9. The number of aryl methyl sites for hydroxylation is 1. The monoisotopic (exact) mass is 482 g/mol. The largest absolute Gasteiger partial charge is 0.490 e. The SMILES string of the molecule is CCOc1cc([C@@H]2Nc3ccccc3C(=O)N2c2ccc(C)cc2)ccc1OCc1ccc(F)cc1. The first-order valence-corrected chi connectivity index (χ1v) is 11.9. The van der Waals surface area contributed by atoms with Gasteiger partial charge >= 0.3 is 0 Å². The van der Waals surface area contributed by atoms with Crippen LogP contribution in [0.25, 0.3) is 0 Å². The van der Waals surface area contributed by atoms with Gasteiger partial charge in [-0.25, -0.2) is 4.39 Å². The smallest absolute Gasteiger partial charge is 0.262 e. The van der Waals surface area contributed by atoms with Crippen LogP contribution >= 0.6 is 0 Å². The van der Waals surface area contributed by atoms with Crippen molar-refractivity contribution in [3.8, 4) is 11.5 Å². The lowest BCUT2D eigenvalue weighted by atomic mass is 10.0. The fourth-order valence-electron chi connectivity index (χ4n) is 4.28. The molecule has 5 nitrogen and oxygen atoms in total. The van der Waals surface area contributed by atoms with Crippen molar-refractivity contribution < 1.29 is 18.7 Å². The van der Waals surface area contributed by atoms with E-state index in [2.05, 4.69) is 5.32 Å². The lowest BCUT2D eigenvalue weighted by molar-refractivity contribution is 0.0975. The Kier molecular flexibility index (Phi) is 6.58. The van der Waals surface area contributed by atoms with Gasteiger partial charge in [0, 0.05) is 11.4 Å². The molecule has 0 bridgehead atoms. The van der Waals surface area contributed by atoms with E-state index in [1.54, 1.807) is 17.0 Å². The number of anilines is 2. The third-order valence-corrected chi connectivity index (χ3v) is 6.13. The molecule has 1 atom stereocenters. The van der Waals surface area contributed by atoms with Crippen LogP contribution in [-0.2, 0) is 6.61 Å². The van der Waals surface area contributed by atoms with Crippen LogP contribution in [0.3, 0.4) is 0 Å². The molecule has 36 heavy (non-hydrogen) atoms. The Hall–Kier alpha value is -4.32. The second-order valence-electron chi connectivity index (χ2n) is 8.66. The van der Waals surface area contributed by atoms with Gasteiger partial charge in [0.25, 0.3) is 5.91 Å². The van der Waals surface area contributed by atoms with E-state index < -0.39 is 6.17 Å². The van der Waals surface area contributed by atoms with Crippen molar-refractivity contribution in [1.82, 2.24) is 0 Å². The second-order valence-corrected chi connectivity index (χ2v) is 8.66. The number of benzene rings is 4. The third-order valence-electron chi connectivity index (χ3n) is 6.13. The van der Waals surface area contributed by atoms with Gasteiger partial charge in [-0.05, 0) is 73.5 Å². The molecule has 4 aromatic rings. The van der Waals surface area contributed by atoms with Crippen LogP contribution in [0.4, 0.5) is 15.8 Å². The number of hydrogen-bond donors (Lipinski definition) is 1. The molecule has 0 aromatic heterocycles. The maximum atomic E-state index is 13.7. The maximum absolute atomic E-state index is 13.7. The van der Waals surface area contributed by atoms with E-state index >= 15 is 0 Å². The van der Waals surface area contributed by atoms with Gasteiger partial charge in [0.2, 0.25) is 0 Å². The van der Waals surface area contributed by atoms with E-state index in [-0.39, 0.29) is 18.3 Å². The number of ether oxygens (including phenoxy) is 2. The fraction of sp³-hybridized carbons (Fsp3) is 0.167. The Labute approximate surface area is 210 Å². The molecule has 0 saturated carbocycles. The topological polar surface area (TPSA) is 50.8 Å². The number of carbonyl (C=O) groups is 1. The number of amides is 1. The molecule has 1 heterocycles. The predicted molar refractivity (Wildman–Crippen MR) is 139 cm³/mol. The summed E-state index contributed by atoms with van der Waals surface area (Å²) in [5, 5.41) is 3.53. The summed E-state index contributed by atoms with van der Waals surface area (Å²) in [6.45, 7) is 4.67. The predicted octanol–water partition coefficient (Wildman–Crippen LogP) is 6.88. The second kappa shape index (κ2) is 10.1. The van der Waals surface area contributed by atoms with E-state index in [4.69, 9.17) is 9.47 Å². The van der Waals surface area contributed by atoms with Crippen LogP contribution in [0.2, 0.25) is 0 Å². The van der Waals surface area contributed by atoms with Gasteiger partial charge in [0.05, 0.1) is 12.2 Å². The molecular formula is C30H27FN2O3. The highest BCUT2D eigenvalue weighted by Crippen LogP contribution is 2.39. The summed E-state index contributed by atoms with van der Waals surface area (Å²) < 4.78 is 25.2. The summed E-state index contributed by atoms with van der Waals surface area (Å²) in [4.78, 5) is 15.4. The summed E-state index contributed by atoms with van der Waals surface area (Å²) >= 11 is 0. The fourth-order valence-corrected chi connectivity index (χ4v) is 4.28. The molecule has 0 unspecified atom stereocenters.